The van der Waals surface area contributed by atoms with Crippen LogP contribution in [0.4, 0.5) is 5.69 Å². The zero-order chi connectivity index (χ0) is 21.3. The van der Waals surface area contributed by atoms with Crippen molar-refractivity contribution in [2.24, 2.45) is 11.1 Å². The molecular formula is C21H28N4O5. The number of nitrogens with zero attached hydrogens (tertiary/aromatic N) is 4. The maximum Gasteiger partial charge on any atom is 0.279 e. The first kappa shape index (κ1) is 21.9. The highest BCUT2D eigenvalue weighted by Gasteiger charge is 2.24. The highest BCUT2D eigenvalue weighted by Crippen LogP contribution is 2.24. The van der Waals surface area contributed by atoms with Crippen LogP contribution in [-0.4, -0.2) is 72.5 Å². The predicted octanol–water partition coefficient (Wildman–Crippen LogP) is 2.48. The fraction of sp³-hybridized carbons (Fsp3) is 0.571. The molecule has 9 heteroatoms. The van der Waals surface area contributed by atoms with Gasteiger partial charge in [-0.2, -0.15) is 0 Å². The summed E-state index contributed by atoms with van der Waals surface area (Å²) in [7, 11) is 0. The van der Waals surface area contributed by atoms with Crippen molar-refractivity contribution in [2.75, 3.05) is 39.3 Å². The lowest BCUT2D eigenvalue weighted by atomic mass is 9.89. The van der Waals surface area contributed by atoms with Crippen molar-refractivity contribution in [3.8, 4) is 0 Å². The number of nitro groups is 1. The molecule has 2 aliphatic rings. The van der Waals surface area contributed by atoms with Gasteiger partial charge in [0.15, 0.2) is 12.9 Å². The van der Waals surface area contributed by atoms with Gasteiger partial charge in [0.1, 0.15) is 0 Å². The van der Waals surface area contributed by atoms with Gasteiger partial charge in [0.2, 0.25) is 0 Å². The van der Waals surface area contributed by atoms with Crippen molar-refractivity contribution in [1.82, 2.24) is 9.80 Å². The first-order valence-corrected chi connectivity index (χ1v) is 10.5. The number of amides is 1. The number of hydrogen-bond donors (Lipinski definition) is 0. The Morgan fingerprint density at radius 1 is 1.20 bits per heavy atom. The summed E-state index contributed by atoms with van der Waals surface area (Å²) in [6, 6.07) is 4.06. The molecule has 30 heavy (non-hydrogen) atoms. The molecule has 0 bridgehead atoms. The molecule has 1 saturated carbocycles. The van der Waals surface area contributed by atoms with Crippen molar-refractivity contribution in [2.45, 2.75) is 32.1 Å². The van der Waals surface area contributed by atoms with E-state index in [2.05, 4.69) is 10.1 Å². The Hall–Kier alpha value is -2.81. The van der Waals surface area contributed by atoms with E-state index in [0.717, 1.165) is 25.6 Å². The average Bonchev–Trinajstić information content (AvgIpc) is 2.77. The number of carbonyl (C=O) groups excluding carboxylic acids is 2. The van der Waals surface area contributed by atoms with Crippen molar-refractivity contribution >= 4 is 24.1 Å². The monoisotopic (exact) mass is 416 g/mol. The second-order valence-corrected chi connectivity index (χ2v) is 7.89. The van der Waals surface area contributed by atoms with Gasteiger partial charge < -0.3 is 9.74 Å². The molecule has 0 unspecified atom stereocenters. The molecule has 1 heterocycles. The molecule has 0 aromatic heterocycles. The summed E-state index contributed by atoms with van der Waals surface area (Å²) >= 11 is 0. The van der Waals surface area contributed by atoms with Crippen molar-refractivity contribution in [3.63, 3.8) is 0 Å². The Kier molecular flexibility index (Phi) is 7.89. The zero-order valence-electron chi connectivity index (χ0n) is 17.1. The molecule has 1 aromatic rings. The number of piperazine rings is 1. The van der Waals surface area contributed by atoms with E-state index in [1.165, 1.54) is 56.5 Å². The molecular weight excluding hydrogens is 388 g/mol. The van der Waals surface area contributed by atoms with Crippen LogP contribution in [-0.2, 0) is 9.63 Å². The van der Waals surface area contributed by atoms with Gasteiger partial charge in [-0.1, -0.05) is 24.4 Å². The van der Waals surface area contributed by atoms with E-state index in [1.807, 2.05) is 0 Å². The molecule has 2 fully saturated rings. The number of benzene rings is 1. The largest absolute Gasteiger partial charge is 0.386 e. The van der Waals surface area contributed by atoms with Gasteiger partial charge in [-0.3, -0.25) is 24.6 Å². The number of hydrogen-bond acceptors (Lipinski definition) is 7. The number of carbonyl (C=O) groups is 2. The SMILES string of the molecule is O=Cc1cc(C=NOCC(=O)N2CCN(CC3CCCCC3)CC2)ccc1[N+](=O)[O-]. The lowest BCUT2D eigenvalue weighted by molar-refractivity contribution is -0.385. The van der Waals surface area contributed by atoms with Gasteiger partial charge in [-0.05, 0) is 36.5 Å². The Labute approximate surface area is 175 Å². The van der Waals surface area contributed by atoms with Gasteiger partial charge in [0.05, 0.1) is 16.7 Å². The third-order valence-electron chi connectivity index (χ3n) is 5.81. The summed E-state index contributed by atoms with van der Waals surface area (Å²) in [5, 5.41) is 14.6. The minimum absolute atomic E-state index is 0.0360. The quantitative estimate of drug-likeness (QED) is 0.279. The van der Waals surface area contributed by atoms with Gasteiger partial charge in [0, 0.05) is 38.8 Å². The van der Waals surface area contributed by atoms with Crippen LogP contribution in [0.1, 0.15) is 48.0 Å². The summed E-state index contributed by atoms with van der Waals surface area (Å²) in [6.45, 7) is 4.16. The first-order chi connectivity index (χ1) is 14.6. The Bertz CT molecular complexity index is 784. The molecule has 162 valence electrons. The Balaban J connectivity index is 1.39. The van der Waals surface area contributed by atoms with Crippen LogP contribution in [0.15, 0.2) is 23.4 Å². The molecule has 1 aliphatic carbocycles. The van der Waals surface area contributed by atoms with Crippen molar-refractivity contribution < 1.29 is 19.3 Å². The van der Waals surface area contributed by atoms with E-state index < -0.39 is 4.92 Å². The van der Waals surface area contributed by atoms with Crippen LogP contribution in [0.3, 0.4) is 0 Å². The van der Waals surface area contributed by atoms with E-state index in [1.54, 1.807) is 4.90 Å². The molecule has 3 rings (SSSR count). The van der Waals surface area contributed by atoms with E-state index in [0.29, 0.717) is 24.9 Å². The second-order valence-electron chi connectivity index (χ2n) is 7.89. The number of nitro benzene ring substituents is 1. The summed E-state index contributed by atoms with van der Waals surface area (Å²) in [4.78, 5) is 42.9. The summed E-state index contributed by atoms with van der Waals surface area (Å²) in [6.07, 6.45) is 8.46. The van der Waals surface area contributed by atoms with Crippen molar-refractivity contribution in [1.29, 1.82) is 0 Å². The van der Waals surface area contributed by atoms with Crippen LogP contribution in [0.5, 0.6) is 0 Å². The lowest BCUT2D eigenvalue weighted by Crippen LogP contribution is -2.50. The highest BCUT2D eigenvalue weighted by atomic mass is 16.6. The molecule has 0 N–H and O–H groups in total. The van der Waals surface area contributed by atoms with E-state index in [9.17, 15) is 19.7 Å². The van der Waals surface area contributed by atoms with E-state index in [4.69, 9.17) is 4.84 Å². The lowest BCUT2D eigenvalue weighted by Gasteiger charge is -2.37. The molecule has 1 aromatic carbocycles. The van der Waals surface area contributed by atoms with Crippen LogP contribution >= 0.6 is 0 Å². The maximum atomic E-state index is 12.3. The standard InChI is InChI=1S/C21H28N4O5/c26-15-19-12-18(6-7-20(19)25(28)29)13-22-30-16-21(27)24-10-8-23(9-11-24)14-17-4-2-1-3-5-17/h6-7,12-13,15,17H,1-5,8-11,14,16H2. The van der Waals surface area contributed by atoms with Gasteiger partial charge in [0.25, 0.3) is 11.6 Å². The normalized spacial score (nSPS) is 18.5. The van der Waals surface area contributed by atoms with Gasteiger partial charge >= 0.3 is 0 Å². The van der Waals surface area contributed by atoms with Crippen LogP contribution in [0.2, 0.25) is 0 Å². The van der Waals surface area contributed by atoms with Crippen LogP contribution in [0.25, 0.3) is 0 Å². The highest BCUT2D eigenvalue weighted by molar-refractivity contribution is 5.87. The minimum Gasteiger partial charge on any atom is -0.386 e. The Morgan fingerprint density at radius 3 is 2.60 bits per heavy atom. The van der Waals surface area contributed by atoms with Gasteiger partial charge in [-0.15, -0.1) is 0 Å². The van der Waals surface area contributed by atoms with E-state index in [-0.39, 0.29) is 23.8 Å². The molecule has 0 atom stereocenters. The molecule has 1 saturated heterocycles. The maximum absolute atomic E-state index is 12.3. The summed E-state index contributed by atoms with van der Waals surface area (Å²) in [5.41, 5.74) is 0.179. The number of oxime groups is 1. The second kappa shape index (κ2) is 10.8. The summed E-state index contributed by atoms with van der Waals surface area (Å²) < 4.78 is 0. The number of aldehydes is 1. The summed E-state index contributed by atoms with van der Waals surface area (Å²) in [5.74, 6) is 0.694. The molecule has 0 spiro atoms. The third-order valence-corrected chi connectivity index (χ3v) is 5.81. The third kappa shape index (κ3) is 6.09. The topological polar surface area (TPSA) is 105 Å². The van der Waals surface area contributed by atoms with Crippen molar-refractivity contribution in [3.05, 3.63) is 39.4 Å². The van der Waals surface area contributed by atoms with Crippen LogP contribution in [0, 0.1) is 16.0 Å². The molecule has 9 nitrogen and oxygen atoms in total. The molecule has 1 aliphatic heterocycles. The smallest absolute Gasteiger partial charge is 0.279 e. The first-order valence-electron chi connectivity index (χ1n) is 10.5. The average molecular weight is 416 g/mol. The fourth-order valence-electron chi connectivity index (χ4n) is 4.11. The zero-order valence-corrected chi connectivity index (χ0v) is 17.1. The Morgan fingerprint density at radius 2 is 1.93 bits per heavy atom. The minimum atomic E-state index is -0.616. The van der Waals surface area contributed by atoms with Gasteiger partial charge in [-0.25, -0.2) is 0 Å². The fourth-order valence-corrected chi connectivity index (χ4v) is 4.11. The van der Waals surface area contributed by atoms with Crippen LogP contribution < -0.4 is 0 Å². The predicted molar refractivity (Wildman–Crippen MR) is 112 cm³/mol. The number of rotatable bonds is 8. The molecule has 0 radical (unpaired) electrons. The van der Waals surface area contributed by atoms with E-state index >= 15 is 0 Å². The molecule has 1 amide bonds.